The molecule has 108 valence electrons. The van der Waals surface area contributed by atoms with Gasteiger partial charge < -0.3 is 4.74 Å². The first-order chi connectivity index (χ1) is 10.1. The number of hydrogen-bond acceptors (Lipinski definition) is 2. The number of Topliss-reactive ketones (excluding diaryl/α,β-unsaturated/α-hetero) is 1. The molecule has 0 spiro atoms. The molecule has 3 rings (SSSR count). The van der Waals surface area contributed by atoms with Gasteiger partial charge in [0.1, 0.15) is 5.75 Å². The van der Waals surface area contributed by atoms with Crippen molar-refractivity contribution in [2.75, 3.05) is 6.61 Å². The van der Waals surface area contributed by atoms with Gasteiger partial charge in [-0.2, -0.15) is 0 Å². The van der Waals surface area contributed by atoms with Crippen molar-refractivity contribution in [1.82, 2.24) is 0 Å². The smallest absolute Gasteiger partial charge is 0.163 e. The average Bonchev–Trinajstić information content (AvgIpc) is 2.47. The predicted octanol–water partition coefficient (Wildman–Crippen LogP) is 4.79. The van der Waals surface area contributed by atoms with E-state index in [1.54, 1.807) is 6.07 Å². The zero-order valence-corrected chi connectivity index (χ0v) is 12.7. The highest BCUT2D eigenvalue weighted by atomic mass is 35.5. The van der Waals surface area contributed by atoms with Gasteiger partial charge in [-0.05, 0) is 54.7 Å². The Balaban J connectivity index is 1.83. The number of hydrogen-bond donors (Lipinski definition) is 0. The van der Waals surface area contributed by atoms with Crippen molar-refractivity contribution >= 4 is 17.4 Å². The molecule has 0 bridgehead atoms. The second-order valence-electron chi connectivity index (χ2n) is 5.46. The van der Waals surface area contributed by atoms with E-state index in [0.29, 0.717) is 18.1 Å². The van der Waals surface area contributed by atoms with Crippen LogP contribution in [0.1, 0.15) is 40.2 Å². The molecule has 0 radical (unpaired) electrons. The van der Waals surface area contributed by atoms with Crippen LogP contribution in [0.2, 0.25) is 5.02 Å². The van der Waals surface area contributed by atoms with Crippen LogP contribution in [0.3, 0.4) is 0 Å². The van der Waals surface area contributed by atoms with Gasteiger partial charge in [-0.3, -0.25) is 4.79 Å². The first-order valence-electron chi connectivity index (χ1n) is 7.16. The lowest BCUT2D eigenvalue weighted by Gasteiger charge is -2.25. The minimum Gasteiger partial charge on any atom is -0.493 e. The molecule has 2 aromatic carbocycles. The fraction of sp³-hybridized carbons (Fsp3) is 0.278. The van der Waals surface area contributed by atoms with Gasteiger partial charge in [-0.1, -0.05) is 29.8 Å². The normalized spacial score (nSPS) is 17.0. The highest BCUT2D eigenvalue weighted by Crippen LogP contribution is 2.36. The summed E-state index contributed by atoms with van der Waals surface area (Å²) in [6.07, 6.45) is 1.40. The lowest BCUT2D eigenvalue weighted by Crippen LogP contribution is -2.17. The summed E-state index contributed by atoms with van der Waals surface area (Å²) < 4.78 is 5.65. The molecular formula is C18H17ClO2. The molecule has 0 saturated heterocycles. The molecule has 0 aromatic heterocycles. The summed E-state index contributed by atoms with van der Waals surface area (Å²) >= 11 is 5.95. The molecule has 1 unspecified atom stereocenters. The van der Waals surface area contributed by atoms with Crippen molar-refractivity contribution in [1.29, 1.82) is 0 Å². The Morgan fingerprint density at radius 2 is 2.10 bits per heavy atom. The van der Waals surface area contributed by atoms with Gasteiger partial charge in [0.2, 0.25) is 0 Å². The van der Waals surface area contributed by atoms with Gasteiger partial charge >= 0.3 is 0 Å². The number of aryl methyl sites for hydroxylation is 1. The van der Waals surface area contributed by atoms with Crippen LogP contribution >= 0.6 is 11.6 Å². The number of ether oxygens (including phenoxy) is 1. The Morgan fingerprint density at radius 1 is 1.29 bits per heavy atom. The van der Waals surface area contributed by atoms with Gasteiger partial charge in [-0.15, -0.1) is 0 Å². The molecule has 1 atom stereocenters. The van der Waals surface area contributed by atoms with E-state index >= 15 is 0 Å². The van der Waals surface area contributed by atoms with Gasteiger partial charge in [0.05, 0.1) is 6.61 Å². The number of rotatable bonds is 3. The highest BCUT2D eigenvalue weighted by Gasteiger charge is 2.24. The fourth-order valence-electron chi connectivity index (χ4n) is 2.90. The first-order valence-corrected chi connectivity index (χ1v) is 7.54. The van der Waals surface area contributed by atoms with Crippen LogP contribution < -0.4 is 4.74 Å². The van der Waals surface area contributed by atoms with E-state index in [1.165, 1.54) is 0 Å². The zero-order valence-electron chi connectivity index (χ0n) is 11.9. The summed E-state index contributed by atoms with van der Waals surface area (Å²) in [6.45, 7) is 2.60. The first kappa shape index (κ1) is 14.2. The third-order valence-corrected chi connectivity index (χ3v) is 4.24. The van der Waals surface area contributed by atoms with E-state index in [4.69, 9.17) is 16.3 Å². The van der Waals surface area contributed by atoms with Gasteiger partial charge in [0.15, 0.2) is 5.78 Å². The number of benzene rings is 2. The summed E-state index contributed by atoms with van der Waals surface area (Å²) in [5, 5.41) is 0.667. The Kier molecular flexibility index (Phi) is 3.98. The van der Waals surface area contributed by atoms with Gasteiger partial charge in [0.25, 0.3) is 0 Å². The number of para-hydroxylation sites is 1. The van der Waals surface area contributed by atoms with Gasteiger partial charge in [-0.25, -0.2) is 0 Å². The Hall–Kier alpha value is -1.80. The van der Waals surface area contributed by atoms with Gasteiger partial charge in [0, 0.05) is 17.0 Å². The second kappa shape index (κ2) is 5.90. The van der Waals surface area contributed by atoms with Crippen LogP contribution in [-0.2, 0) is 0 Å². The topological polar surface area (TPSA) is 26.3 Å². The molecule has 21 heavy (non-hydrogen) atoms. The van der Waals surface area contributed by atoms with E-state index in [9.17, 15) is 4.79 Å². The summed E-state index contributed by atoms with van der Waals surface area (Å²) in [5.74, 6) is 1.32. The van der Waals surface area contributed by atoms with E-state index < -0.39 is 0 Å². The lowest BCUT2D eigenvalue weighted by atomic mass is 9.86. The molecule has 2 nitrogen and oxygen atoms in total. The number of fused-ring (bicyclic) bond motifs is 1. The molecule has 1 heterocycles. The minimum absolute atomic E-state index is 0.172. The number of ketones is 1. The fourth-order valence-corrected chi connectivity index (χ4v) is 3.13. The monoisotopic (exact) mass is 300 g/mol. The number of carbonyl (C=O) groups is 1. The zero-order chi connectivity index (χ0) is 14.8. The van der Waals surface area contributed by atoms with E-state index in [1.807, 2.05) is 37.3 Å². The van der Waals surface area contributed by atoms with Crippen molar-refractivity contribution in [2.45, 2.75) is 25.7 Å². The van der Waals surface area contributed by atoms with E-state index in [2.05, 4.69) is 6.07 Å². The molecular weight excluding hydrogens is 284 g/mol. The maximum absolute atomic E-state index is 12.6. The summed E-state index contributed by atoms with van der Waals surface area (Å²) in [6, 6.07) is 13.4. The molecule has 1 aliphatic heterocycles. The number of halogens is 1. The molecule has 2 aromatic rings. The third kappa shape index (κ3) is 2.96. The summed E-state index contributed by atoms with van der Waals surface area (Å²) in [7, 11) is 0. The molecule has 0 amide bonds. The van der Waals surface area contributed by atoms with Crippen molar-refractivity contribution in [2.24, 2.45) is 0 Å². The van der Waals surface area contributed by atoms with Crippen LogP contribution in [0.5, 0.6) is 5.75 Å². The van der Waals surface area contributed by atoms with Crippen molar-refractivity contribution in [3.8, 4) is 5.75 Å². The van der Waals surface area contributed by atoms with Crippen molar-refractivity contribution in [3.05, 3.63) is 64.2 Å². The Labute approximate surface area is 129 Å². The van der Waals surface area contributed by atoms with Crippen LogP contribution in [0.4, 0.5) is 0 Å². The maximum atomic E-state index is 12.6. The molecule has 0 aliphatic carbocycles. The SMILES string of the molecule is Cc1cc(Cl)ccc1C(=O)CC1CCOc2ccccc21. The molecule has 0 saturated carbocycles. The molecule has 0 N–H and O–H groups in total. The van der Waals surface area contributed by atoms with Crippen LogP contribution in [0.15, 0.2) is 42.5 Å². The van der Waals surface area contributed by atoms with Crippen LogP contribution in [0.25, 0.3) is 0 Å². The van der Waals surface area contributed by atoms with Crippen molar-refractivity contribution < 1.29 is 9.53 Å². The third-order valence-electron chi connectivity index (χ3n) is 4.00. The van der Waals surface area contributed by atoms with E-state index in [-0.39, 0.29) is 11.7 Å². The van der Waals surface area contributed by atoms with Crippen LogP contribution in [-0.4, -0.2) is 12.4 Å². The van der Waals surface area contributed by atoms with Crippen LogP contribution in [0, 0.1) is 6.92 Å². The largest absolute Gasteiger partial charge is 0.493 e. The standard InChI is InChI=1S/C18H17ClO2/c1-12-10-14(19)6-7-15(12)17(20)11-13-8-9-21-18-5-3-2-4-16(13)18/h2-7,10,13H,8-9,11H2,1H3. The molecule has 1 aliphatic rings. The second-order valence-corrected chi connectivity index (χ2v) is 5.89. The predicted molar refractivity (Wildman–Crippen MR) is 84.4 cm³/mol. The quantitative estimate of drug-likeness (QED) is 0.762. The summed E-state index contributed by atoms with van der Waals surface area (Å²) in [4.78, 5) is 12.6. The molecule has 0 fully saturated rings. The highest BCUT2D eigenvalue weighted by molar-refractivity contribution is 6.30. The average molecular weight is 301 g/mol. The minimum atomic E-state index is 0.172. The van der Waals surface area contributed by atoms with Crippen molar-refractivity contribution in [3.63, 3.8) is 0 Å². The maximum Gasteiger partial charge on any atom is 0.163 e. The number of carbonyl (C=O) groups excluding carboxylic acids is 1. The van der Waals surface area contributed by atoms with E-state index in [0.717, 1.165) is 28.9 Å². The molecule has 3 heteroatoms. The Bertz CT molecular complexity index is 679. The summed E-state index contributed by atoms with van der Waals surface area (Å²) in [5.41, 5.74) is 2.85. The Morgan fingerprint density at radius 3 is 2.90 bits per heavy atom. The lowest BCUT2D eigenvalue weighted by molar-refractivity contribution is 0.0965.